The summed E-state index contributed by atoms with van der Waals surface area (Å²) in [5, 5.41) is 21.0. The molecule has 0 bridgehead atoms. The molecule has 0 aromatic heterocycles. The van der Waals surface area contributed by atoms with Gasteiger partial charge in [-0.3, -0.25) is 4.79 Å². The van der Waals surface area contributed by atoms with E-state index in [1.807, 2.05) is 0 Å². The molecular formula is C21H20F3NO5. The number of alkyl halides is 3. The summed E-state index contributed by atoms with van der Waals surface area (Å²) in [5.41, 5.74) is -0.493. The molecule has 160 valence electrons. The molecule has 1 amide bonds. The van der Waals surface area contributed by atoms with E-state index in [0.29, 0.717) is 11.1 Å². The molecule has 2 aromatic carbocycles. The lowest BCUT2D eigenvalue weighted by Crippen LogP contribution is -2.19. The molecule has 1 saturated carbocycles. The van der Waals surface area contributed by atoms with Gasteiger partial charge in [-0.2, -0.15) is 13.2 Å². The van der Waals surface area contributed by atoms with Gasteiger partial charge in [-0.1, -0.05) is 24.3 Å². The lowest BCUT2D eigenvalue weighted by atomic mass is 10.0. The Kier molecular flexibility index (Phi) is 6.19. The van der Waals surface area contributed by atoms with E-state index in [2.05, 4.69) is 5.32 Å². The number of carbonyl (C=O) groups is 2. The maximum absolute atomic E-state index is 13.6. The minimum Gasteiger partial charge on any atom is -0.506 e. The third kappa shape index (κ3) is 5.43. The molecule has 0 unspecified atom stereocenters. The molecule has 1 aliphatic carbocycles. The number of ether oxygens (including phenoxy) is 1. The van der Waals surface area contributed by atoms with E-state index in [4.69, 9.17) is 9.84 Å². The number of halogens is 3. The van der Waals surface area contributed by atoms with Crippen molar-refractivity contribution in [3.8, 4) is 11.5 Å². The van der Waals surface area contributed by atoms with Crippen molar-refractivity contribution in [1.29, 1.82) is 0 Å². The van der Waals surface area contributed by atoms with Gasteiger partial charge in [-0.15, -0.1) is 0 Å². The van der Waals surface area contributed by atoms with Crippen molar-refractivity contribution >= 4 is 11.9 Å². The third-order valence-electron chi connectivity index (χ3n) is 4.76. The first-order valence-corrected chi connectivity index (χ1v) is 9.29. The van der Waals surface area contributed by atoms with Crippen LogP contribution < -0.4 is 10.1 Å². The van der Waals surface area contributed by atoms with Gasteiger partial charge < -0.3 is 20.3 Å². The van der Waals surface area contributed by atoms with Gasteiger partial charge in [0.25, 0.3) is 0 Å². The van der Waals surface area contributed by atoms with Crippen LogP contribution >= 0.6 is 0 Å². The second-order valence-corrected chi connectivity index (χ2v) is 7.17. The van der Waals surface area contributed by atoms with Gasteiger partial charge in [0.2, 0.25) is 0 Å². The summed E-state index contributed by atoms with van der Waals surface area (Å²) in [6.07, 6.45) is -4.22. The minimum absolute atomic E-state index is 0.0961. The predicted molar refractivity (Wildman–Crippen MR) is 100 cm³/mol. The van der Waals surface area contributed by atoms with Crippen molar-refractivity contribution in [2.75, 3.05) is 0 Å². The van der Waals surface area contributed by atoms with E-state index in [1.165, 1.54) is 0 Å². The average Bonchev–Trinajstić information content (AvgIpc) is 3.48. The van der Waals surface area contributed by atoms with Crippen LogP contribution in [0.25, 0.3) is 0 Å². The van der Waals surface area contributed by atoms with Crippen molar-refractivity contribution in [3.05, 3.63) is 58.7 Å². The fourth-order valence-corrected chi connectivity index (χ4v) is 2.98. The monoisotopic (exact) mass is 423 g/mol. The lowest BCUT2D eigenvalue weighted by Gasteiger charge is -2.17. The Balaban J connectivity index is 1.75. The number of hydrogen-bond acceptors (Lipinski definition) is 4. The maximum atomic E-state index is 13.6. The van der Waals surface area contributed by atoms with Gasteiger partial charge in [0.05, 0.1) is 5.56 Å². The van der Waals surface area contributed by atoms with Crippen LogP contribution in [-0.4, -0.2) is 22.1 Å². The Labute approximate surface area is 170 Å². The molecule has 9 heteroatoms. The van der Waals surface area contributed by atoms with Crippen LogP contribution in [0.3, 0.4) is 0 Å². The Morgan fingerprint density at radius 3 is 2.27 bits per heavy atom. The zero-order chi connectivity index (χ0) is 21.9. The maximum Gasteiger partial charge on any atom is 0.423 e. The van der Waals surface area contributed by atoms with Crippen LogP contribution in [-0.2, 0) is 19.3 Å². The van der Waals surface area contributed by atoms with E-state index < -0.39 is 35.1 Å². The Bertz CT molecular complexity index is 937. The quantitative estimate of drug-likeness (QED) is 0.533. The second-order valence-electron chi connectivity index (χ2n) is 7.17. The molecule has 1 aliphatic rings. The molecule has 3 rings (SSSR count). The van der Waals surface area contributed by atoms with Crippen molar-refractivity contribution < 1.29 is 37.7 Å². The molecule has 6 nitrogen and oxygen atoms in total. The Morgan fingerprint density at radius 2 is 1.70 bits per heavy atom. The second kappa shape index (κ2) is 8.64. The first-order valence-electron chi connectivity index (χ1n) is 9.29. The molecule has 0 heterocycles. The lowest BCUT2D eigenvalue weighted by molar-refractivity contribution is -0.140. The van der Waals surface area contributed by atoms with Crippen LogP contribution in [0.4, 0.5) is 18.0 Å². The van der Waals surface area contributed by atoms with E-state index in [1.54, 1.807) is 24.3 Å². The zero-order valence-electron chi connectivity index (χ0n) is 15.8. The van der Waals surface area contributed by atoms with Crippen LogP contribution in [0.5, 0.6) is 11.5 Å². The summed E-state index contributed by atoms with van der Waals surface area (Å²) >= 11 is 0. The number of nitrogens with one attached hydrogen (secondary N) is 1. The van der Waals surface area contributed by atoms with Gasteiger partial charge in [-0.05, 0) is 42.0 Å². The third-order valence-corrected chi connectivity index (χ3v) is 4.76. The summed E-state index contributed by atoms with van der Waals surface area (Å²) in [7, 11) is 0. The fourth-order valence-electron chi connectivity index (χ4n) is 2.98. The van der Waals surface area contributed by atoms with E-state index in [9.17, 15) is 27.9 Å². The number of hydrogen-bond donors (Lipinski definition) is 3. The molecule has 0 saturated heterocycles. The van der Waals surface area contributed by atoms with E-state index >= 15 is 0 Å². The molecule has 2 aromatic rings. The molecule has 0 aliphatic heterocycles. The van der Waals surface area contributed by atoms with Gasteiger partial charge >= 0.3 is 12.3 Å². The minimum atomic E-state index is -4.90. The SMILES string of the molecule is O=C(O)NCc1ccc(COc2ccc(C(=O)CC3CC3)c(O)c2C(F)(F)F)cc1. The standard InChI is InChI=1S/C21H20F3NO5/c22-21(23,24)18-17(8-7-15(19(18)27)16(26)9-12-1-2-12)30-11-14-5-3-13(4-6-14)10-25-20(28)29/h3-8,12,25,27H,1-2,9-11H2,(H,28,29). The van der Waals surface area contributed by atoms with Crippen molar-refractivity contribution in [3.63, 3.8) is 0 Å². The van der Waals surface area contributed by atoms with Crippen LogP contribution in [0.1, 0.15) is 46.3 Å². The highest BCUT2D eigenvalue weighted by Crippen LogP contribution is 2.45. The number of Topliss-reactive ketones (excluding diaryl/α,β-unsaturated/α-hetero) is 1. The number of carbonyl (C=O) groups excluding carboxylic acids is 1. The summed E-state index contributed by atoms with van der Waals surface area (Å²) in [5.74, 6) is -2.02. The molecule has 3 N–H and O–H groups in total. The Hall–Kier alpha value is -3.23. The molecule has 0 spiro atoms. The Morgan fingerprint density at radius 1 is 1.07 bits per heavy atom. The topological polar surface area (TPSA) is 95.9 Å². The summed E-state index contributed by atoms with van der Waals surface area (Å²) < 4.78 is 45.9. The number of phenols is 1. The number of carboxylic acid groups (broad SMARTS) is 1. The van der Waals surface area contributed by atoms with Crippen LogP contribution in [0.2, 0.25) is 0 Å². The highest BCUT2D eigenvalue weighted by atomic mass is 19.4. The van der Waals surface area contributed by atoms with Crippen molar-refractivity contribution in [2.24, 2.45) is 5.92 Å². The number of rotatable bonds is 8. The smallest absolute Gasteiger partial charge is 0.423 e. The summed E-state index contributed by atoms with van der Waals surface area (Å²) in [4.78, 5) is 22.7. The number of amides is 1. The molecular weight excluding hydrogens is 403 g/mol. The van der Waals surface area contributed by atoms with Crippen LogP contribution in [0, 0.1) is 5.92 Å². The highest BCUT2D eigenvalue weighted by molar-refractivity contribution is 5.99. The highest BCUT2D eigenvalue weighted by Gasteiger charge is 2.40. The van der Waals surface area contributed by atoms with E-state index in [-0.39, 0.29) is 31.1 Å². The molecule has 1 fully saturated rings. The largest absolute Gasteiger partial charge is 0.506 e. The number of phenolic OH excluding ortho intramolecular Hbond substituents is 1. The van der Waals surface area contributed by atoms with Gasteiger partial charge in [0, 0.05) is 13.0 Å². The predicted octanol–water partition coefficient (Wildman–Crippen LogP) is 4.74. The molecule has 0 radical (unpaired) electrons. The molecule has 30 heavy (non-hydrogen) atoms. The fraction of sp³-hybridized carbons (Fsp3) is 0.333. The van der Waals surface area contributed by atoms with Gasteiger partial charge in [-0.25, -0.2) is 4.79 Å². The number of aromatic hydroxyl groups is 1. The summed E-state index contributed by atoms with van der Waals surface area (Å²) in [6.45, 7) is -0.108. The normalized spacial score (nSPS) is 13.7. The average molecular weight is 423 g/mol. The number of benzene rings is 2. The zero-order valence-corrected chi connectivity index (χ0v) is 15.8. The van der Waals surface area contributed by atoms with Crippen molar-refractivity contribution in [1.82, 2.24) is 5.32 Å². The van der Waals surface area contributed by atoms with E-state index in [0.717, 1.165) is 25.0 Å². The first kappa shape index (κ1) is 21.5. The van der Waals surface area contributed by atoms with Crippen molar-refractivity contribution in [2.45, 2.75) is 38.6 Å². The van der Waals surface area contributed by atoms with Gasteiger partial charge in [0.1, 0.15) is 23.7 Å². The summed E-state index contributed by atoms with van der Waals surface area (Å²) in [6, 6.07) is 8.64. The van der Waals surface area contributed by atoms with Gasteiger partial charge in [0.15, 0.2) is 5.78 Å². The number of ketones is 1. The molecule has 0 atom stereocenters. The van der Waals surface area contributed by atoms with Crippen LogP contribution in [0.15, 0.2) is 36.4 Å². The first-order chi connectivity index (χ1) is 14.1.